The number of aliphatic hydroxyl groups is 1. The van der Waals surface area contributed by atoms with Crippen molar-refractivity contribution in [3.8, 4) is 0 Å². The van der Waals surface area contributed by atoms with Gasteiger partial charge in [0.15, 0.2) is 0 Å². The normalized spacial score (nSPS) is 31.4. The molecule has 2 fully saturated rings. The lowest BCUT2D eigenvalue weighted by molar-refractivity contribution is 0.0551. The highest BCUT2D eigenvalue weighted by atomic mass is 79.9. The highest BCUT2D eigenvalue weighted by Gasteiger charge is 2.37. The van der Waals surface area contributed by atoms with Crippen molar-refractivity contribution in [3.63, 3.8) is 0 Å². The third-order valence-electron chi connectivity index (χ3n) is 3.98. The zero-order chi connectivity index (χ0) is 13.0. The number of halogens is 1. The molecule has 1 N–H and O–H groups in total. The number of likely N-dealkylation sites (tertiary alicyclic amines) is 1. The molecule has 3 rings (SSSR count). The number of hydrogen-bond acceptors (Lipinski definition) is 2. The van der Waals surface area contributed by atoms with Crippen molar-refractivity contribution in [2.24, 2.45) is 11.8 Å². The zero-order valence-corrected chi connectivity index (χ0v) is 12.5. The maximum absolute atomic E-state index is 9.67. The van der Waals surface area contributed by atoms with Gasteiger partial charge in [-0.25, -0.2) is 0 Å². The predicted octanol–water partition coefficient (Wildman–Crippen LogP) is 3.16. The molecular formula is C15H22BrNO. The van der Waals surface area contributed by atoms with E-state index in [0.29, 0.717) is 5.92 Å². The predicted molar refractivity (Wildman–Crippen MR) is 78.5 cm³/mol. The van der Waals surface area contributed by atoms with Crippen molar-refractivity contribution in [1.29, 1.82) is 0 Å². The first-order chi connectivity index (χ1) is 8.66. The molecule has 1 aliphatic carbocycles. The van der Waals surface area contributed by atoms with Crippen LogP contribution in [0.2, 0.25) is 0 Å². The summed E-state index contributed by atoms with van der Waals surface area (Å²) in [7, 11) is 2.16. The maximum Gasteiger partial charge on any atom is 0.0583 e. The van der Waals surface area contributed by atoms with E-state index in [-0.39, 0.29) is 6.10 Å². The molecule has 0 spiro atoms. The molecule has 1 heterocycles. The van der Waals surface area contributed by atoms with Gasteiger partial charge in [0.05, 0.1) is 6.10 Å². The Morgan fingerprint density at radius 3 is 2.44 bits per heavy atom. The minimum absolute atomic E-state index is 0.00120. The van der Waals surface area contributed by atoms with Crippen LogP contribution in [0.5, 0.6) is 0 Å². The van der Waals surface area contributed by atoms with Gasteiger partial charge in [0.2, 0.25) is 0 Å². The number of fused-ring (bicyclic) bond motifs is 1. The fraction of sp³-hybridized carbons (Fsp3) is 0.600. The average molecular weight is 312 g/mol. The van der Waals surface area contributed by atoms with Gasteiger partial charge in [0.25, 0.3) is 0 Å². The van der Waals surface area contributed by atoms with Gasteiger partial charge >= 0.3 is 0 Å². The smallest absolute Gasteiger partial charge is 0.0583 e. The van der Waals surface area contributed by atoms with Crippen LogP contribution in [0.4, 0.5) is 0 Å². The van der Waals surface area contributed by atoms with E-state index in [2.05, 4.69) is 27.9 Å². The van der Waals surface area contributed by atoms with Gasteiger partial charge in [-0.15, -0.1) is 0 Å². The molecule has 0 amide bonds. The molecular weight excluding hydrogens is 290 g/mol. The van der Waals surface area contributed by atoms with Crippen LogP contribution in [0.25, 0.3) is 0 Å². The Kier molecular flexibility index (Phi) is 5.22. The van der Waals surface area contributed by atoms with Crippen molar-refractivity contribution in [2.45, 2.75) is 25.4 Å². The van der Waals surface area contributed by atoms with Crippen molar-refractivity contribution in [1.82, 2.24) is 4.90 Å². The van der Waals surface area contributed by atoms with Gasteiger partial charge in [0.1, 0.15) is 0 Å². The summed E-state index contributed by atoms with van der Waals surface area (Å²) < 4.78 is 1.13. The van der Waals surface area contributed by atoms with Crippen molar-refractivity contribution in [2.75, 3.05) is 20.1 Å². The molecule has 3 heteroatoms. The SMILES string of the molecule is Brc1ccccc1.CN1CC2CCCC(O)C2C1. The molecule has 1 saturated heterocycles. The third kappa shape index (κ3) is 3.81. The quantitative estimate of drug-likeness (QED) is 0.795. The standard InChI is InChI=1S/C9H17NO.C6H5Br/c1-10-5-7-3-2-4-9(11)8(7)6-10;7-6-4-2-1-3-5-6/h7-9,11H,2-6H2,1H3;1-5H. The highest BCUT2D eigenvalue weighted by Crippen LogP contribution is 2.35. The second kappa shape index (κ2) is 6.69. The summed E-state index contributed by atoms with van der Waals surface area (Å²) in [6, 6.07) is 9.97. The van der Waals surface area contributed by atoms with E-state index in [0.717, 1.165) is 23.4 Å². The topological polar surface area (TPSA) is 23.5 Å². The number of aliphatic hydroxyl groups excluding tert-OH is 1. The van der Waals surface area contributed by atoms with Gasteiger partial charge in [-0.1, -0.05) is 40.5 Å². The molecule has 1 aliphatic heterocycles. The molecule has 2 aliphatic rings. The third-order valence-corrected chi connectivity index (χ3v) is 4.50. The van der Waals surface area contributed by atoms with E-state index in [1.165, 1.54) is 19.4 Å². The number of hydrogen-bond donors (Lipinski definition) is 1. The Morgan fingerprint density at radius 2 is 1.89 bits per heavy atom. The first-order valence-electron chi connectivity index (χ1n) is 6.74. The van der Waals surface area contributed by atoms with E-state index in [1.54, 1.807) is 0 Å². The van der Waals surface area contributed by atoms with Gasteiger partial charge in [-0.2, -0.15) is 0 Å². The van der Waals surface area contributed by atoms with Gasteiger partial charge < -0.3 is 10.0 Å². The fourth-order valence-corrected chi connectivity index (χ4v) is 3.38. The summed E-state index contributed by atoms with van der Waals surface area (Å²) in [4.78, 5) is 2.35. The molecule has 2 nitrogen and oxygen atoms in total. The van der Waals surface area contributed by atoms with Crippen molar-refractivity contribution in [3.05, 3.63) is 34.8 Å². The monoisotopic (exact) mass is 311 g/mol. The molecule has 0 aromatic heterocycles. The summed E-state index contributed by atoms with van der Waals surface area (Å²) in [6.07, 6.45) is 3.61. The minimum Gasteiger partial charge on any atom is -0.393 e. The second-order valence-corrected chi connectivity index (χ2v) is 6.35. The first-order valence-corrected chi connectivity index (χ1v) is 7.53. The Morgan fingerprint density at radius 1 is 1.17 bits per heavy atom. The van der Waals surface area contributed by atoms with E-state index in [4.69, 9.17) is 0 Å². The summed E-state index contributed by atoms with van der Waals surface area (Å²) in [5.41, 5.74) is 0. The number of rotatable bonds is 0. The maximum atomic E-state index is 9.67. The van der Waals surface area contributed by atoms with Crippen LogP contribution in [0.3, 0.4) is 0 Å². The van der Waals surface area contributed by atoms with Gasteiger partial charge in [-0.05, 0) is 37.9 Å². The lowest BCUT2D eigenvalue weighted by Gasteiger charge is -2.28. The van der Waals surface area contributed by atoms with Crippen LogP contribution in [-0.4, -0.2) is 36.2 Å². The van der Waals surface area contributed by atoms with E-state index >= 15 is 0 Å². The Balaban J connectivity index is 0.000000149. The molecule has 3 unspecified atom stereocenters. The average Bonchev–Trinajstić information content (AvgIpc) is 2.73. The van der Waals surface area contributed by atoms with Crippen LogP contribution in [0.15, 0.2) is 34.8 Å². The molecule has 0 radical (unpaired) electrons. The van der Waals surface area contributed by atoms with Gasteiger partial charge in [0, 0.05) is 23.5 Å². The summed E-state index contributed by atoms with van der Waals surface area (Å²) in [5, 5.41) is 9.67. The molecule has 3 atom stereocenters. The summed E-state index contributed by atoms with van der Waals surface area (Å²) in [5.74, 6) is 1.39. The molecule has 18 heavy (non-hydrogen) atoms. The molecule has 1 saturated carbocycles. The first kappa shape index (κ1) is 14.0. The zero-order valence-electron chi connectivity index (χ0n) is 10.9. The fourth-order valence-electron chi connectivity index (χ4n) is 3.08. The van der Waals surface area contributed by atoms with Crippen LogP contribution < -0.4 is 0 Å². The van der Waals surface area contributed by atoms with Crippen LogP contribution in [0.1, 0.15) is 19.3 Å². The van der Waals surface area contributed by atoms with Crippen LogP contribution in [0, 0.1) is 11.8 Å². The lowest BCUT2D eigenvalue weighted by Crippen LogP contribution is -2.31. The Labute approximate surface area is 118 Å². The molecule has 1 aromatic carbocycles. The molecule has 1 aromatic rings. The molecule has 0 bridgehead atoms. The van der Waals surface area contributed by atoms with Crippen molar-refractivity contribution >= 4 is 15.9 Å². The number of benzene rings is 1. The van der Waals surface area contributed by atoms with Crippen LogP contribution >= 0.6 is 15.9 Å². The Bertz CT molecular complexity index is 357. The van der Waals surface area contributed by atoms with E-state index < -0.39 is 0 Å². The van der Waals surface area contributed by atoms with Gasteiger partial charge in [-0.3, -0.25) is 0 Å². The van der Waals surface area contributed by atoms with E-state index in [1.807, 2.05) is 30.3 Å². The summed E-state index contributed by atoms with van der Waals surface area (Å²) in [6.45, 7) is 2.33. The van der Waals surface area contributed by atoms with E-state index in [9.17, 15) is 5.11 Å². The van der Waals surface area contributed by atoms with Crippen molar-refractivity contribution < 1.29 is 5.11 Å². The highest BCUT2D eigenvalue weighted by molar-refractivity contribution is 9.10. The molecule has 100 valence electrons. The number of nitrogens with zero attached hydrogens (tertiary/aromatic N) is 1. The largest absolute Gasteiger partial charge is 0.393 e. The Hall–Kier alpha value is -0.380. The lowest BCUT2D eigenvalue weighted by atomic mass is 9.80. The van der Waals surface area contributed by atoms with Crippen LogP contribution in [-0.2, 0) is 0 Å². The second-order valence-electron chi connectivity index (χ2n) is 5.44. The summed E-state index contributed by atoms with van der Waals surface area (Å²) >= 11 is 3.31. The minimum atomic E-state index is -0.00120.